The van der Waals surface area contributed by atoms with Crippen LogP contribution in [0.1, 0.15) is 40.5 Å². The second kappa shape index (κ2) is 11.0. The van der Waals surface area contributed by atoms with Gasteiger partial charge in [0.15, 0.2) is 0 Å². The fraction of sp³-hybridized carbons (Fsp3) is 0.280. The summed E-state index contributed by atoms with van der Waals surface area (Å²) in [5.74, 6) is -0.231. The predicted molar refractivity (Wildman–Crippen MR) is 126 cm³/mol. The van der Waals surface area contributed by atoms with Crippen LogP contribution in [0.5, 0.6) is 0 Å². The zero-order chi connectivity index (χ0) is 25.6. The lowest BCUT2D eigenvalue weighted by Crippen LogP contribution is -2.29. The molecule has 0 aliphatic rings. The van der Waals surface area contributed by atoms with Gasteiger partial charge in [-0.15, -0.1) is 0 Å². The number of carbonyl (C=O) groups excluding carboxylic acids is 1. The van der Waals surface area contributed by atoms with Gasteiger partial charge in [0.25, 0.3) is 5.91 Å². The van der Waals surface area contributed by atoms with Gasteiger partial charge in [0.2, 0.25) is 0 Å². The van der Waals surface area contributed by atoms with E-state index >= 15 is 0 Å². The molecule has 1 aromatic carbocycles. The third-order valence-electron chi connectivity index (χ3n) is 5.27. The molecular weight excluding hydrogens is 459 g/mol. The number of halogens is 3. The molecule has 2 heterocycles. The minimum Gasteiger partial charge on any atom is -0.395 e. The van der Waals surface area contributed by atoms with Crippen LogP contribution in [0.15, 0.2) is 48.8 Å². The number of anilines is 2. The Balaban J connectivity index is 1.91. The minimum absolute atomic E-state index is 0.0723. The first-order chi connectivity index (χ1) is 16.7. The number of alkyl halides is 3. The largest absolute Gasteiger partial charge is 0.433 e. The van der Waals surface area contributed by atoms with Crippen molar-refractivity contribution in [2.24, 2.45) is 0 Å². The van der Waals surface area contributed by atoms with Gasteiger partial charge >= 0.3 is 6.18 Å². The lowest BCUT2D eigenvalue weighted by atomic mass is 9.99. The fourth-order valence-electron chi connectivity index (χ4n) is 3.59. The van der Waals surface area contributed by atoms with Gasteiger partial charge in [-0.1, -0.05) is 13.0 Å². The molecule has 0 spiro atoms. The maximum absolute atomic E-state index is 12.9. The van der Waals surface area contributed by atoms with Gasteiger partial charge < -0.3 is 15.3 Å². The Kier molecular flexibility index (Phi) is 8.04. The molecule has 0 radical (unpaired) electrons. The first-order valence-corrected chi connectivity index (χ1v) is 10.9. The van der Waals surface area contributed by atoms with E-state index in [1.807, 2.05) is 18.7 Å². The lowest BCUT2D eigenvalue weighted by Gasteiger charge is -2.23. The Morgan fingerprint density at radius 3 is 2.60 bits per heavy atom. The predicted octanol–water partition coefficient (Wildman–Crippen LogP) is 4.80. The van der Waals surface area contributed by atoms with Crippen LogP contribution in [-0.4, -0.2) is 40.7 Å². The zero-order valence-corrected chi connectivity index (χ0v) is 19.2. The molecule has 2 aromatic heterocycles. The Morgan fingerprint density at radius 1 is 1.17 bits per heavy atom. The highest BCUT2D eigenvalue weighted by Crippen LogP contribution is 2.31. The van der Waals surface area contributed by atoms with Crippen LogP contribution < -0.4 is 10.2 Å². The quantitative estimate of drug-likeness (QED) is 0.477. The number of hydrogen-bond donors (Lipinski definition) is 2. The van der Waals surface area contributed by atoms with Crippen LogP contribution in [0.3, 0.4) is 0 Å². The normalized spacial score (nSPS) is 11.1. The first kappa shape index (κ1) is 25.6. The van der Waals surface area contributed by atoms with E-state index in [4.69, 9.17) is 0 Å². The van der Waals surface area contributed by atoms with Crippen molar-refractivity contribution in [2.75, 3.05) is 29.9 Å². The lowest BCUT2D eigenvalue weighted by molar-refractivity contribution is -0.141. The summed E-state index contributed by atoms with van der Waals surface area (Å²) in [6.07, 6.45) is -1.29. The molecule has 0 aliphatic carbocycles. The molecule has 182 valence electrons. The summed E-state index contributed by atoms with van der Waals surface area (Å²) in [6.45, 7) is 4.75. The molecule has 0 unspecified atom stereocenters. The van der Waals surface area contributed by atoms with Gasteiger partial charge in [-0.25, -0.2) is 4.98 Å². The highest BCUT2D eigenvalue weighted by molar-refractivity contribution is 6.04. The van der Waals surface area contributed by atoms with Crippen molar-refractivity contribution in [1.82, 2.24) is 9.97 Å². The summed E-state index contributed by atoms with van der Waals surface area (Å²) < 4.78 is 38.8. The van der Waals surface area contributed by atoms with E-state index in [9.17, 15) is 28.3 Å². The number of nitriles is 1. The van der Waals surface area contributed by atoms with Gasteiger partial charge in [0.1, 0.15) is 17.6 Å². The van der Waals surface area contributed by atoms with Crippen molar-refractivity contribution < 1.29 is 23.1 Å². The molecule has 35 heavy (non-hydrogen) atoms. The molecule has 0 bridgehead atoms. The topological polar surface area (TPSA) is 102 Å². The molecule has 3 rings (SSSR count). The molecule has 3 aromatic rings. The number of nitrogens with zero attached hydrogens (tertiary/aromatic N) is 4. The summed E-state index contributed by atoms with van der Waals surface area (Å²) in [5.41, 5.74) is 1.59. The molecule has 0 saturated carbocycles. The number of aliphatic hydroxyl groups is 1. The Morgan fingerprint density at radius 2 is 1.94 bits per heavy atom. The molecule has 2 N–H and O–H groups in total. The monoisotopic (exact) mass is 483 g/mol. The number of rotatable bonds is 8. The van der Waals surface area contributed by atoms with Crippen LogP contribution in [0.2, 0.25) is 0 Å². The van der Waals surface area contributed by atoms with E-state index in [-0.39, 0.29) is 12.2 Å². The number of aryl methyl sites for hydroxylation is 1. The number of hydrogen-bond acceptors (Lipinski definition) is 6. The number of nitrogens with one attached hydrogen (secondary N) is 1. The molecule has 1 amide bonds. The van der Waals surface area contributed by atoms with E-state index in [2.05, 4.69) is 21.4 Å². The average molecular weight is 483 g/mol. The minimum atomic E-state index is -4.66. The van der Waals surface area contributed by atoms with E-state index in [1.54, 1.807) is 30.5 Å². The number of aromatic nitrogens is 2. The number of aliphatic hydroxyl groups excluding tert-OH is 1. The average Bonchev–Trinajstić information content (AvgIpc) is 2.84. The molecule has 0 saturated heterocycles. The highest BCUT2D eigenvalue weighted by atomic mass is 19.4. The Labute approximate surface area is 200 Å². The van der Waals surface area contributed by atoms with Crippen molar-refractivity contribution in [1.29, 1.82) is 5.26 Å². The van der Waals surface area contributed by atoms with E-state index in [1.165, 1.54) is 6.07 Å². The summed E-state index contributed by atoms with van der Waals surface area (Å²) in [5, 5.41) is 21.7. The van der Waals surface area contributed by atoms with Crippen molar-refractivity contribution in [2.45, 2.75) is 26.4 Å². The van der Waals surface area contributed by atoms with E-state index in [0.717, 1.165) is 18.2 Å². The van der Waals surface area contributed by atoms with Crippen molar-refractivity contribution >= 4 is 17.4 Å². The maximum Gasteiger partial charge on any atom is 0.433 e. The van der Waals surface area contributed by atoms with Crippen molar-refractivity contribution in [3.05, 3.63) is 71.2 Å². The maximum atomic E-state index is 12.9. The third-order valence-corrected chi connectivity index (χ3v) is 5.27. The van der Waals surface area contributed by atoms with Gasteiger partial charge in [0, 0.05) is 42.3 Å². The van der Waals surface area contributed by atoms with Crippen LogP contribution in [0, 0.1) is 18.3 Å². The Hall–Kier alpha value is -3.97. The number of pyridine rings is 2. The SMILES string of the molecule is CCCN(CCO)c1ncc(-c2cc(NC(=O)c3ccnc(C(F)(F)F)c3)ccc2C)cc1C#N. The number of amides is 1. The standard InChI is InChI=1S/C25H24F3N5O2/c1-3-8-33(9-10-34)23-18(14-29)11-19(15-31-23)21-13-20(5-4-16(21)2)32-24(35)17-6-7-30-22(12-17)25(26,27)28/h4-7,11-13,15,34H,3,8-10H2,1-2H3,(H,32,35). The second-order valence-electron chi connectivity index (χ2n) is 7.83. The zero-order valence-electron chi connectivity index (χ0n) is 19.2. The molecule has 0 aliphatic heterocycles. The Bertz CT molecular complexity index is 1250. The van der Waals surface area contributed by atoms with E-state index in [0.29, 0.717) is 47.4 Å². The first-order valence-electron chi connectivity index (χ1n) is 10.9. The van der Waals surface area contributed by atoms with Crippen molar-refractivity contribution in [3.63, 3.8) is 0 Å². The van der Waals surface area contributed by atoms with Gasteiger partial charge in [-0.3, -0.25) is 9.78 Å². The van der Waals surface area contributed by atoms with Crippen LogP contribution in [-0.2, 0) is 6.18 Å². The van der Waals surface area contributed by atoms with Gasteiger partial charge in [-0.2, -0.15) is 18.4 Å². The number of carbonyl (C=O) groups is 1. The molecule has 0 fully saturated rings. The smallest absolute Gasteiger partial charge is 0.395 e. The number of benzene rings is 1. The van der Waals surface area contributed by atoms with Crippen molar-refractivity contribution in [3.8, 4) is 17.2 Å². The molecule has 10 heteroatoms. The van der Waals surface area contributed by atoms with Crippen LogP contribution in [0.25, 0.3) is 11.1 Å². The van der Waals surface area contributed by atoms with Crippen LogP contribution >= 0.6 is 0 Å². The van der Waals surface area contributed by atoms with Gasteiger partial charge in [-0.05, 0) is 54.8 Å². The summed E-state index contributed by atoms with van der Waals surface area (Å²) in [6, 6.07) is 10.8. The van der Waals surface area contributed by atoms with Gasteiger partial charge in [0.05, 0.1) is 12.2 Å². The summed E-state index contributed by atoms with van der Waals surface area (Å²) in [4.78, 5) is 22.2. The van der Waals surface area contributed by atoms with E-state index < -0.39 is 17.8 Å². The molecule has 0 atom stereocenters. The molecule has 7 nitrogen and oxygen atoms in total. The third kappa shape index (κ3) is 6.13. The van der Waals surface area contributed by atoms with Crippen LogP contribution in [0.4, 0.5) is 24.7 Å². The molecular formula is C25H24F3N5O2. The fourth-order valence-corrected chi connectivity index (χ4v) is 3.59. The highest BCUT2D eigenvalue weighted by Gasteiger charge is 2.33. The summed E-state index contributed by atoms with van der Waals surface area (Å²) >= 11 is 0. The summed E-state index contributed by atoms with van der Waals surface area (Å²) in [7, 11) is 0. The second-order valence-corrected chi connectivity index (χ2v) is 7.83.